The van der Waals surface area contributed by atoms with Gasteiger partial charge in [-0.1, -0.05) is 29.8 Å². The predicted molar refractivity (Wildman–Crippen MR) is 107 cm³/mol. The maximum atomic E-state index is 12.0. The van der Waals surface area contributed by atoms with Gasteiger partial charge in [0.05, 0.1) is 23.5 Å². The van der Waals surface area contributed by atoms with E-state index in [4.69, 9.17) is 9.47 Å². The molecule has 0 aromatic heterocycles. The zero-order valence-corrected chi connectivity index (χ0v) is 16.3. The van der Waals surface area contributed by atoms with Crippen LogP contribution in [0.4, 0.5) is 11.4 Å². The van der Waals surface area contributed by atoms with E-state index in [1.54, 1.807) is 0 Å². The molecular weight excluding hydrogens is 384 g/mol. The predicted octanol–water partition coefficient (Wildman–Crippen LogP) is 3.33. The van der Waals surface area contributed by atoms with Crippen molar-refractivity contribution in [1.29, 1.82) is 0 Å². The monoisotopic (exact) mass is 404 g/mol. The highest BCUT2D eigenvalue weighted by Crippen LogP contribution is 2.28. The summed E-state index contributed by atoms with van der Waals surface area (Å²) in [5, 5.41) is 13.3. The fourth-order valence-corrected chi connectivity index (χ4v) is 3.00. The molecule has 0 saturated heterocycles. The van der Waals surface area contributed by atoms with Gasteiger partial charge in [0.15, 0.2) is 6.61 Å². The summed E-state index contributed by atoms with van der Waals surface area (Å²) >= 11 is 1.39. The van der Waals surface area contributed by atoms with Gasteiger partial charge in [0.2, 0.25) is 0 Å². The number of hydrogen-bond acceptors (Lipinski definition) is 7. The van der Waals surface area contributed by atoms with Crippen molar-refractivity contribution in [2.45, 2.75) is 12.7 Å². The van der Waals surface area contributed by atoms with Crippen LogP contribution < -0.4 is 10.1 Å². The van der Waals surface area contributed by atoms with E-state index in [9.17, 15) is 19.7 Å². The third-order valence-corrected chi connectivity index (χ3v) is 4.62. The topological polar surface area (TPSA) is 108 Å². The molecule has 1 N–H and O–H groups in total. The molecule has 0 radical (unpaired) electrons. The maximum Gasteiger partial charge on any atom is 0.316 e. The van der Waals surface area contributed by atoms with Gasteiger partial charge in [-0.2, -0.15) is 0 Å². The van der Waals surface area contributed by atoms with Gasteiger partial charge in [0.25, 0.3) is 11.6 Å². The summed E-state index contributed by atoms with van der Waals surface area (Å²) in [4.78, 5) is 34.0. The van der Waals surface area contributed by atoms with Crippen LogP contribution in [0.5, 0.6) is 5.75 Å². The molecule has 2 rings (SSSR count). The highest BCUT2D eigenvalue weighted by atomic mass is 32.2. The number of hydrogen-bond donors (Lipinski definition) is 1. The molecule has 0 atom stereocenters. The number of anilines is 1. The quantitative estimate of drug-likeness (QED) is 0.388. The Hall–Kier alpha value is -3.07. The van der Waals surface area contributed by atoms with Crippen LogP contribution in [0, 0.1) is 17.0 Å². The lowest BCUT2D eigenvalue weighted by Crippen LogP contribution is -2.22. The van der Waals surface area contributed by atoms with Crippen molar-refractivity contribution in [2.24, 2.45) is 0 Å². The lowest BCUT2D eigenvalue weighted by atomic mass is 10.2. The van der Waals surface area contributed by atoms with Crippen LogP contribution >= 0.6 is 11.8 Å². The van der Waals surface area contributed by atoms with Gasteiger partial charge in [-0.3, -0.25) is 19.7 Å². The van der Waals surface area contributed by atoms with Gasteiger partial charge >= 0.3 is 5.97 Å². The molecule has 0 aliphatic rings. The van der Waals surface area contributed by atoms with Crippen molar-refractivity contribution in [3.05, 3.63) is 63.7 Å². The molecule has 8 nitrogen and oxygen atoms in total. The molecule has 1 amide bonds. The van der Waals surface area contributed by atoms with E-state index in [1.807, 2.05) is 31.2 Å². The normalized spacial score (nSPS) is 10.2. The molecule has 0 bridgehead atoms. The van der Waals surface area contributed by atoms with Gasteiger partial charge in [-0.25, -0.2) is 0 Å². The molecule has 148 valence electrons. The number of carbonyl (C=O) groups is 2. The number of nitrogens with one attached hydrogen (secondary N) is 1. The number of nitro benzene ring substituents is 1. The summed E-state index contributed by atoms with van der Waals surface area (Å²) in [6.07, 6.45) is 0. The standard InChI is InChI=1S/C19H20N2O6S/c1-13-3-5-14(6-4-13)11-28-12-19(23)27-10-18(22)20-16-9-15(21(24)25)7-8-17(16)26-2/h3-9H,10-12H2,1-2H3,(H,20,22). The van der Waals surface area contributed by atoms with Crippen molar-refractivity contribution in [3.8, 4) is 5.75 Å². The van der Waals surface area contributed by atoms with E-state index in [1.165, 1.54) is 42.6 Å². The Morgan fingerprint density at radius 3 is 2.54 bits per heavy atom. The fraction of sp³-hybridized carbons (Fsp3) is 0.263. The molecule has 0 fully saturated rings. The Bertz CT molecular complexity index is 854. The number of ether oxygens (including phenoxy) is 2. The second-order valence-corrected chi connectivity index (χ2v) is 6.81. The highest BCUT2D eigenvalue weighted by Gasteiger charge is 2.15. The number of benzene rings is 2. The average Bonchev–Trinajstić information content (AvgIpc) is 2.68. The minimum Gasteiger partial charge on any atom is -0.495 e. The molecular formula is C19H20N2O6S. The van der Waals surface area contributed by atoms with E-state index < -0.39 is 23.4 Å². The molecule has 0 unspecified atom stereocenters. The van der Waals surface area contributed by atoms with E-state index in [0.29, 0.717) is 5.75 Å². The van der Waals surface area contributed by atoms with Crippen LogP contribution in [-0.4, -0.2) is 36.3 Å². The first-order valence-corrected chi connectivity index (χ1v) is 9.45. The van der Waals surface area contributed by atoms with Crippen molar-refractivity contribution < 1.29 is 24.0 Å². The second kappa shape index (κ2) is 10.3. The Labute approximate surface area is 166 Å². The van der Waals surface area contributed by atoms with Crippen molar-refractivity contribution in [1.82, 2.24) is 0 Å². The third kappa shape index (κ3) is 6.58. The number of rotatable bonds is 9. The van der Waals surface area contributed by atoms with Crippen molar-refractivity contribution >= 4 is 35.0 Å². The summed E-state index contributed by atoms with van der Waals surface area (Å²) in [6, 6.07) is 11.8. The van der Waals surface area contributed by atoms with Gasteiger partial charge in [0.1, 0.15) is 5.75 Å². The molecule has 0 aliphatic heterocycles. The van der Waals surface area contributed by atoms with Gasteiger partial charge in [-0.15, -0.1) is 11.8 Å². The number of nitrogens with zero attached hydrogens (tertiary/aromatic N) is 1. The summed E-state index contributed by atoms with van der Waals surface area (Å²) in [7, 11) is 1.38. The maximum absolute atomic E-state index is 12.0. The first-order chi connectivity index (χ1) is 13.4. The molecule has 2 aromatic rings. The summed E-state index contributed by atoms with van der Waals surface area (Å²) in [5.74, 6) is -0.0961. The van der Waals surface area contributed by atoms with Crippen LogP contribution in [0.2, 0.25) is 0 Å². The Kier molecular flexibility index (Phi) is 7.82. The summed E-state index contributed by atoms with van der Waals surface area (Å²) in [5.41, 5.74) is 2.20. The van der Waals surface area contributed by atoms with Crippen LogP contribution in [-0.2, 0) is 20.1 Å². The molecule has 9 heteroatoms. The van der Waals surface area contributed by atoms with Crippen LogP contribution in [0.15, 0.2) is 42.5 Å². The summed E-state index contributed by atoms with van der Waals surface area (Å²) < 4.78 is 10.00. The number of methoxy groups -OCH3 is 1. The Morgan fingerprint density at radius 1 is 1.18 bits per heavy atom. The number of thioether (sulfide) groups is 1. The van der Waals surface area contributed by atoms with Gasteiger partial charge in [0, 0.05) is 17.9 Å². The molecule has 0 heterocycles. The molecule has 0 aliphatic carbocycles. The van der Waals surface area contributed by atoms with Crippen LogP contribution in [0.3, 0.4) is 0 Å². The van der Waals surface area contributed by atoms with Crippen molar-refractivity contribution in [3.63, 3.8) is 0 Å². The van der Waals surface area contributed by atoms with Gasteiger partial charge < -0.3 is 14.8 Å². The number of amides is 1. The molecule has 0 spiro atoms. The third-order valence-electron chi connectivity index (χ3n) is 3.64. The van der Waals surface area contributed by atoms with Crippen LogP contribution in [0.1, 0.15) is 11.1 Å². The molecule has 0 saturated carbocycles. The number of esters is 1. The second-order valence-electron chi connectivity index (χ2n) is 5.83. The number of nitro groups is 1. The number of non-ortho nitro benzene ring substituents is 1. The molecule has 28 heavy (non-hydrogen) atoms. The first kappa shape index (κ1) is 21.2. The number of carbonyl (C=O) groups excluding carboxylic acids is 2. The zero-order chi connectivity index (χ0) is 20.5. The van der Waals surface area contributed by atoms with Crippen LogP contribution in [0.25, 0.3) is 0 Å². The SMILES string of the molecule is COc1ccc([N+](=O)[O-])cc1NC(=O)COC(=O)CSCc1ccc(C)cc1. The minimum atomic E-state index is -0.615. The minimum absolute atomic E-state index is 0.112. The average molecular weight is 404 g/mol. The van der Waals surface area contributed by atoms with E-state index in [2.05, 4.69) is 5.32 Å². The Morgan fingerprint density at radius 2 is 1.89 bits per heavy atom. The van der Waals surface area contributed by atoms with Crippen molar-refractivity contribution in [2.75, 3.05) is 24.8 Å². The fourth-order valence-electron chi connectivity index (χ4n) is 2.22. The Balaban J connectivity index is 1.78. The van der Waals surface area contributed by atoms with E-state index >= 15 is 0 Å². The summed E-state index contributed by atoms with van der Waals surface area (Å²) in [6.45, 7) is 1.51. The largest absolute Gasteiger partial charge is 0.495 e. The van der Waals surface area contributed by atoms with Gasteiger partial charge in [-0.05, 0) is 18.6 Å². The lowest BCUT2D eigenvalue weighted by Gasteiger charge is -2.10. The zero-order valence-electron chi connectivity index (χ0n) is 15.5. The lowest BCUT2D eigenvalue weighted by molar-refractivity contribution is -0.384. The highest BCUT2D eigenvalue weighted by molar-refractivity contribution is 7.99. The number of aryl methyl sites for hydroxylation is 1. The molecule has 2 aromatic carbocycles. The van der Waals surface area contributed by atoms with E-state index in [-0.39, 0.29) is 22.9 Å². The first-order valence-electron chi connectivity index (χ1n) is 8.30. The van der Waals surface area contributed by atoms with E-state index in [0.717, 1.165) is 5.56 Å². The smallest absolute Gasteiger partial charge is 0.316 e.